The molecule has 0 amide bonds. The van der Waals surface area contributed by atoms with Gasteiger partial charge in [-0.1, -0.05) is 0 Å². The summed E-state index contributed by atoms with van der Waals surface area (Å²) in [5.74, 6) is 0. The zero-order valence-electron chi connectivity index (χ0n) is 14.1. The lowest BCUT2D eigenvalue weighted by atomic mass is 9.71. The van der Waals surface area contributed by atoms with Gasteiger partial charge in [0.15, 0.2) is 0 Å². The highest BCUT2D eigenvalue weighted by Crippen LogP contribution is 2.46. The Kier molecular flexibility index (Phi) is 4.46. The predicted molar refractivity (Wildman–Crippen MR) is 90.9 cm³/mol. The summed E-state index contributed by atoms with van der Waals surface area (Å²) in [7, 11) is 0. The van der Waals surface area contributed by atoms with E-state index >= 15 is 0 Å². The molecule has 4 aliphatic rings. The summed E-state index contributed by atoms with van der Waals surface area (Å²) in [6, 6.07) is 0.874. The normalized spacial score (nSPS) is 40.1. The Labute approximate surface area is 135 Å². The third kappa shape index (κ3) is 3.08. The van der Waals surface area contributed by atoms with E-state index in [1.54, 1.807) is 0 Å². The first-order chi connectivity index (χ1) is 10.8. The molecular formula is C18H34N4. The Morgan fingerprint density at radius 1 is 0.727 bits per heavy atom. The topological polar surface area (TPSA) is 39.3 Å². The maximum absolute atomic E-state index is 3.61. The van der Waals surface area contributed by atoms with E-state index in [2.05, 4.69) is 20.9 Å². The molecule has 3 N–H and O–H groups in total. The van der Waals surface area contributed by atoms with Gasteiger partial charge in [0.05, 0.1) is 0 Å². The smallest absolute Gasteiger partial charge is 0.0454 e. The molecule has 0 aromatic heterocycles. The molecule has 0 radical (unpaired) electrons. The van der Waals surface area contributed by atoms with Crippen molar-refractivity contribution < 1.29 is 0 Å². The van der Waals surface area contributed by atoms with Crippen molar-refractivity contribution in [3.8, 4) is 0 Å². The maximum Gasteiger partial charge on any atom is 0.0454 e. The maximum atomic E-state index is 3.61. The van der Waals surface area contributed by atoms with Crippen LogP contribution in [0.4, 0.5) is 0 Å². The lowest BCUT2D eigenvalue weighted by molar-refractivity contribution is 0.0477. The number of piperidine rings is 2. The molecule has 2 unspecified atom stereocenters. The van der Waals surface area contributed by atoms with Gasteiger partial charge in [0, 0.05) is 19.3 Å². The Morgan fingerprint density at radius 3 is 2.27 bits per heavy atom. The molecule has 0 bridgehead atoms. The Balaban J connectivity index is 1.32. The van der Waals surface area contributed by atoms with E-state index in [0.29, 0.717) is 10.8 Å². The number of hydrogen-bond donors (Lipinski definition) is 3. The van der Waals surface area contributed by atoms with E-state index in [0.717, 1.165) is 12.7 Å². The van der Waals surface area contributed by atoms with E-state index in [9.17, 15) is 0 Å². The average molecular weight is 306 g/mol. The molecule has 3 heterocycles. The summed E-state index contributed by atoms with van der Waals surface area (Å²) in [4.78, 5) is 2.86. The molecule has 1 saturated carbocycles. The van der Waals surface area contributed by atoms with Crippen molar-refractivity contribution in [3.63, 3.8) is 0 Å². The van der Waals surface area contributed by atoms with Crippen molar-refractivity contribution in [2.75, 3.05) is 45.9 Å². The number of nitrogens with zero attached hydrogens (tertiary/aromatic N) is 1. The Bertz CT molecular complexity index is 359. The first-order valence-corrected chi connectivity index (χ1v) is 9.66. The molecule has 2 spiro atoms. The third-order valence-corrected chi connectivity index (χ3v) is 7.30. The molecule has 126 valence electrons. The molecule has 4 fully saturated rings. The van der Waals surface area contributed by atoms with Crippen molar-refractivity contribution in [2.45, 2.75) is 57.4 Å². The lowest BCUT2D eigenvalue weighted by Gasteiger charge is -2.46. The van der Waals surface area contributed by atoms with Crippen molar-refractivity contribution >= 4 is 0 Å². The van der Waals surface area contributed by atoms with Crippen molar-refractivity contribution in [1.29, 1.82) is 0 Å². The standard InChI is InChI=1S/C18H34N4/c1-2-18(5-10-20-15-21-14-18)13-16(1)22-11-6-17(7-12-22)3-8-19-9-4-17/h16,19-21H,1-15H2. The van der Waals surface area contributed by atoms with Crippen molar-refractivity contribution in [2.24, 2.45) is 10.8 Å². The quantitative estimate of drug-likeness (QED) is 0.687. The number of nitrogens with one attached hydrogen (secondary N) is 3. The van der Waals surface area contributed by atoms with Crippen molar-refractivity contribution in [1.82, 2.24) is 20.9 Å². The largest absolute Gasteiger partial charge is 0.317 e. The van der Waals surface area contributed by atoms with Gasteiger partial charge >= 0.3 is 0 Å². The van der Waals surface area contributed by atoms with Crippen LogP contribution in [0.5, 0.6) is 0 Å². The summed E-state index contributed by atoms with van der Waals surface area (Å²) in [5.41, 5.74) is 1.30. The fraction of sp³-hybridized carbons (Fsp3) is 1.00. The first-order valence-electron chi connectivity index (χ1n) is 9.66. The molecule has 1 aliphatic carbocycles. The van der Waals surface area contributed by atoms with E-state index in [1.807, 2.05) is 0 Å². The number of rotatable bonds is 1. The molecular weight excluding hydrogens is 272 g/mol. The summed E-state index contributed by atoms with van der Waals surface area (Å²) >= 11 is 0. The van der Waals surface area contributed by atoms with Crippen LogP contribution in [0.1, 0.15) is 51.4 Å². The van der Waals surface area contributed by atoms with Gasteiger partial charge in [0.1, 0.15) is 0 Å². The molecule has 4 rings (SSSR count). The Hall–Kier alpha value is -0.160. The summed E-state index contributed by atoms with van der Waals surface area (Å²) in [5, 5.41) is 10.7. The van der Waals surface area contributed by atoms with Gasteiger partial charge in [0.2, 0.25) is 0 Å². The molecule has 0 aromatic rings. The molecule has 22 heavy (non-hydrogen) atoms. The minimum atomic E-state index is 0.595. The van der Waals surface area contributed by atoms with E-state index in [4.69, 9.17) is 0 Å². The van der Waals surface area contributed by atoms with E-state index < -0.39 is 0 Å². The van der Waals surface area contributed by atoms with Crippen molar-refractivity contribution in [3.05, 3.63) is 0 Å². The number of hydrogen-bond acceptors (Lipinski definition) is 4. The highest BCUT2D eigenvalue weighted by Gasteiger charge is 2.43. The summed E-state index contributed by atoms with van der Waals surface area (Å²) in [6.07, 6.45) is 11.5. The van der Waals surface area contributed by atoms with E-state index in [1.165, 1.54) is 90.6 Å². The molecule has 2 atom stereocenters. The van der Waals surface area contributed by atoms with Crippen LogP contribution in [0.3, 0.4) is 0 Å². The second kappa shape index (κ2) is 6.39. The van der Waals surface area contributed by atoms with Gasteiger partial charge in [-0.05, 0) is 94.9 Å². The molecule has 0 aromatic carbocycles. The van der Waals surface area contributed by atoms with Crippen LogP contribution in [0.25, 0.3) is 0 Å². The first kappa shape index (κ1) is 15.4. The van der Waals surface area contributed by atoms with E-state index in [-0.39, 0.29) is 0 Å². The minimum Gasteiger partial charge on any atom is -0.317 e. The minimum absolute atomic E-state index is 0.595. The second-order valence-electron chi connectivity index (χ2n) is 8.54. The van der Waals surface area contributed by atoms with Crippen LogP contribution in [0.15, 0.2) is 0 Å². The lowest BCUT2D eigenvalue weighted by Crippen LogP contribution is -2.48. The van der Waals surface area contributed by atoms with Gasteiger partial charge in [-0.25, -0.2) is 0 Å². The highest BCUT2D eigenvalue weighted by molar-refractivity contribution is 4.98. The van der Waals surface area contributed by atoms with Gasteiger partial charge < -0.3 is 20.9 Å². The van der Waals surface area contributed by atoms with Gasteiger partial charge in [-0.2, -0.15) is 0 Å². The van der Waals surface area contributed by atoms with Crippen LogP contribution >= 0.6 is 0 Å². The molecule has 3 aliphatic heterocycles. The summed E-state index contributed by atoms with van der Waals surface area (Å²) in [6.45, 7) is 8.69. The van der Waals surface area contributed by atoms with Crippen LogP contribution in [0, 0.1) is 10.8 Å². The highest BCUT2D eigenvalue weighted by atomic mass is 15.2. The van der Waals surface area contributed by atoms with Crippen LogP contribution in [-0.2, 0) is 0 Å². The van der Waals surface area contributed by atoms with Crippen LogP contribution in [0.2, 0.25) is 0 Å². The van der Waals surface area contributed by atoms with Crippen LogP contribution < -0.4 is 16.0 Å². The predicted octanol–water partition coefficient (Wildman–Crippen LogP) is 1.53. The Morgan fingerprint density at radius 2 is 1.45 bits per heavy atom. The van der Waals surface area contributed by atoms with Gasteiger partial charge in [-0.3, -0.25) is 0 Å². The summed E-state index contributed by atoms with van der Waals surface area (Å²) < 4.78 is 0. The zero-order chi connectivity index (χ0) is 14.9. The van der Waals surface area contributed by atoms with Gasteiger partial charge in [0.25, 0.3) is 0 Å². The average Bonchev–Trinajstić information content (AvgIpc) is 2.82. The fourth-order valence-electron chi connectivity index (χ4n) is 5.64. The number of likely N-dealkylation sites (tertiary alicyclic amines) is 1. The molecule has 3 saturated heterocycles. The SMILES string of the molecule is C1CC2(CCN1)CCN(C1CCC3(CCNCNC3)C1)CC2. The fourth-order valence-corrected chi connectivity index (χ4v) is 5.64. The van der Waals surface area contributed by atoms with Gasteiger partial charge in [-0.15, -0.1) is 0 Å². The zero-order valence-corrected chi connectivity index (χ0v) is 14.1. The second-order valence-corrected chi connectivity index (χ2v) is 8.54. The molecule has 4 nitrogen and oxygen atoms in total. The van der Waals surface area contributed by atoms with Crippen LogP contribution in [-0.4, -0.2) is 56.9 Å². The monoisotopic (exact) mass is 306 g/mol. The third-order valence-electron chi connectivity index (χ3n) is 7.30. The molecule has 4 heteroatoms.